The number of phenols is 4. The lowest BCUT2D eigenvalue weighted by molar-refractivity contribution is 0.122. The van der Waals surface area contributed by atoms with Crippen LogP contribution < -0.4 is 9.80 Å². The summed E-state index contributed by atoms with van der Waals surface area (Å²) in [5, 5.41) is 55.6. The van der Waals surface area contributed by atoms with Crippen molar-refractivity contribution in [1.82, 2.24) is 29.5 Å². The van der Waals surface area contributed by atoms with E-state index in [0.717, 1.165) is 86.5 Å². The Hall–Kier alpha value is -5.68. The first-order valence-corrected chi connectivity index (χ1v) is 20.1. The van der Waals surface area contributed by atoms with Gasteiger partial charge in [0.1, 0.15) is 23.0 Å². The van der Waals surface area contributed by atoms with Crippen LogP contribution in [0.5, 0.6) is 23.0 Å². The molecule has 304 valence electrons. The van der Waals surface area contributed by atoms with Crippen LogP contribution in [0.25, 0.3) is 34.2 Å². The van der Waals surface area contributed by atoms with E-state index >= 15 is 0 Å². The molecule has 58 heavy (non-hydrogen) atoms. The molecule has 2 aromatic heterocycles. The summed E-state index contributed by atoms with van der Waals surface area (Å²) < 4.78 is 15.3. The average Bonchev–Trinajstić information content (AvgIpc) is 3.80. The highest BCUT2D eigenvalue weighted by atomic mass is 32.1. The molecule has 0 radical (unpaired) electrons. The van der Waals surface area contributed by atoms with Crippen molar-refractivity contribution in [2.24, 2.45) is 0 Å². The molecule has 0 amide bonds. The Morgan fingerprint density at radius 2 is 0.845 bits per heavy atom. The number of ether oxygens (including phenoxy) is 2. The van der Waals surface area contributed by atoms with Gasteiger partial charge < -0.3 is 39.7 Å². The first kappa shape index (κ1) is 40.5. The molecule has 4 aromatic carbocycles. The van der Waals surface area contributed by atoms with Crippen molar-refractivity contribution in [3.63, 3.8) is 0 Å². The van der Waals surface area contributed by atoms with Gasteiger partial charge >= 0.3 is 0 Å². The highest BCUT2D eigenvalue weighted by molar-refractivity contribution is 7.71. The van der Waals surface area contributed by atoms with Crippen molar-refractivity contribution in [3.05, 3.63) is 93.5 Å². The molecule has 6 N–H and O–H groups in total. The van der Waals surface area contributed by atoms with Gasteiger partial charge in [-0.3, -0.25) is 19.3 Å². The van der Waals surface area contributed by atoms with Crippen LogP contribution in [0.1, 0.15) is 50.7 Å². The largest absolute Gasteiger partial charge is 0.508 e. The molecule has 2 saturated heterocycles. The number of aromatic amines is 2. The Kier molecular flexibility index (Phi) is 12.2. The van der Waals surface area contributed by atoms with Crippen LogP contribution in [0.2, 0.25) is 0 Å². The Balaban J connectivity index is 0.000000177. The third-order valence-corrected chi connectivity index (χ3v) is 10.9. The molecule has 0 spiro atoms. The second-order valence-corrected chi connectivity index (χ2v) is 15.5. The summed E-state index contributed by atoms with van der Waals surface area (Å²) in [4.78, 5) is 4.56. The fraction of sp³-hybridized carbons (Fsp3) is 0.333. The lowest BCUT2D eigenvalue weighted by Gasteiger charge is -2.29. The Morgan fingerprint density at radius 1 is 0.517 bits per heavy atom. The molecule has 2 aliphatic heterocycles. The fourth-order valence-electron chi connectivity index (χ4n) is 7.17. The molecule has 0 bridgehead atoms. The monoisotopic (exact) mass is 824 g/mol. The fourth-order valence-corrected chi connectivity index (χ4v) is 7.65. The van der Waals surface area contributed by atoms with Crippen LogP contribution in [-0.4, -0.2) is 103 Å². The van der Waals surface area contributed by atoms with Crippen LogP contribution in [0, 0.1) is 9.54 Å². The number of hydrogen-bond donors (Lipinski definition) is 6. The lowest BCUT2D eigenvalue weighted by atomic mass is 9.98. The van der Waals surface area contributed by atoms with Gasteiger partial charge in [0.25, 0.3) is 0 Å². The highest BCUT2D eigenvalue weighted by Crippen LogP contribution is 2.39. The SMILES string of the molecule is CC(C)c1cc(-c2n[nH]c(=S)n2-c2ccc(N3CCOCC3)cc2)c(O)cc1O.CC(C)c1cc(-c2n[nH]c(=S)n2-c2ccc(N3CCOCC3)cc2)c(O)cc1O. The number of hydrogen-bond acceptors (Lipinski definition) is 12. The molecule has 6 aromatic rings. The third-order valence-electron chi connectivity index (χ3n) is 10.3. The van der Waals surface area contributed by atoms with E-state index in [1.807, 2.05) is 52.0 Å². The third kappa shape index (κ3) is 8.45. The minimum Gasteiger partial charge on any atom is -0.508 e. The lowest BCUT2D eigenvalue weighted by Crippen LogP contribution is -2.36. The zero-order valence-corrected chi connectivity index (χ0v) is 34.5. The van der Waals surface area contributed by atoms with E-state index in [2.05, 4.69) is 54.5 Å². The van der Waals surface area contributed by atoms with E-state index in [9.17, 15) is 20.4 Å². The number of rotatable bonds is 8. The molecule has 0 unspecified atom stereocenters. The van der Waals surface area contributed by atoms with E-state index in [0.29, 0.717) is 32.3 Å². The predicted octanol–water partition coefficient (Wildman–Crippen LogP) is 7.94. The quantitative estimate of drug-likeness (QED) is 0.0820. The molecule has 2 fully saturated rings. The zero-order valence-electron chi connectivity index (χ0n) is 32.8. The number of nitrogens with zero attached hydrogens (tertiary/aromatic N) is 6. The van der Waals surface area contributed by atoms with Gasteiger partial charge in [-0.2, -0.15) is 10.2 Å². The molecule has 8 rings (SSSR count). The van der Waals surface area contributed by atoms with E-state index in [1.165, 1.54) is 12.1 Å². The number of aromatic hydroxyl groups is 4. The second kappa shape index (κ2) is 17.4. The normalized spacial score (nSPS) is 14.5. The topological polar surface area (TPSA) is 173 Å². The van der Waals surface area contributed by atoms with E-state index < -0.39 is 0 Å². The molecular weight excluding hydrogens is 777 g/mol. The van der Waals surface area contributed by atoms with Gasteiger partial charge in [-0.25, -0.2) is 0 Å². The van der Waals surface area contributed by atoms with Gasteiger partial charge in [-0.15, -0.1) is 0 Å². The second-order valence-electron chi connectivity index (χ2n) is 14.8. The predicted molar refractivity (Wildman–Crippen MR) is 229 cm³/mol. The number of benzene rings is 4. The molecular formula is C42H48N8O6S2. The summed E-state index contributed by atoms with van der Waals surface area (Å²) in [6.45, 7) is 14.3. The van der Waals surface area contributed by atoms with Gasteiger partial charge in [0, 0.05) is 49.7 Å². The number of morpholine rings is 2. The van der Waals surface area contributed by atoms with Gasteiger partial charge in [-0.05, 0) is 108 Å². The minimum atomic E-state index is -0.0490. The summed E-state index contributed by atoms with van der Waals surface area (Å²) in [6.07, 6.45) is 0. The van der Waals surface area contributed by atoms with Crippen LogP contribution in [0.3, 0.4) is 0 Å². The number of aromatic nitrogens is 6. The Bertz CT molecular complexity index is 2310. The van der Waals surface area contributed by atoms with Gasteiger partial charge in [0.2, 0.25) is 0 Å². The first-order valence-electron chi connectivity index (χ1n) is 19.2. The maximum atomic E-state index is 10.5. The van der Waals surface area contributed by atoms with E-state index in [1.54, 1.807) is 21.3 Å². The van der Waals surface area contributed by atoms with Crippen molar-refractivity contribution in [3.8, 4) is 57.1 Å². The summed E-state index contributed by atoms with van der Waals surface area (Å²) in [5.41, 5.74) is 6.43. The molecule has 0 saturated carbocycles. The van der Waals surface area contributed by atoms with Crippen LogP contribution in [0.15, 0.2) is 72.8 Å². The molecule has 0 atom stereocenters. The Labute approximate surface area is 346 Å². The molecule has 2 aliphatic rings. The van der Waals surface area contributed by atoms with E-state index in [4.69, 9.17) is 33.9 Å². The van der Waals surface area contributed by atoms with Gasteiger partial charge in [-0.1, -0.05) is 27.7 Å². The molecule has 14 nitrogen and oxygen atoms in total. The molecule has 4 heterocycles. The van der Waals surface area contributed by atoms with Crippen molar-refractivity contribution in [2.45, 2.75) is 39.5 Å². The van der Waals surface area contributed by atoms with Crippen molar-refractivity contribution < 1.29 is 29.9 Å². The van der Waals surface area contributed by atoms with Crippen molar-refractivity contribution in [2.75, 3.05) is 62.4 Å². The average molecular weight is 825 g/mol. The summed E-state index contributed by atoms with van der Waals surface area (Å²) in [5.74, 6) is 1.21. The van der Waals surface area contributed by atoms with E-state index in [-0.39, 0.29) is 34.8 Å². The summed E-state index contributed by atoms with van der Waals surface area (Å²) >= 11 is 10.9. The maximum absolute atomic E-state index is 10.5. The number of phenolic OH excluding ortho intramolecular Hbond substituents is 4. The standard InChI is InChI=1S/2C21H24N4O3S/c2*1-13(2)16-11-17(19(27)12-18(16)26)20-22-23-21(29)25(20)15-5-3-14(4-6-15)24-7-9-28-10-8-24/h2*3-6,11-13,26-27H,7-10H2,1-2H3,(H,23,29). The van der Waals surface area contributed by atoms with Crippen LogP contribution in [-0.2, 0) is 9.47 Å². The number of H-pyrrole nitrogens is 2. The molecule has 16 heteroatoms. The maximum Gasteiger partial charge on any atom is 0.200 e. The minimum absolute atomic E-state index is 0.0490. The Morgan fingerprint density at radius 3 is 1.17 bits per heavy atom. The number of anilines is 2. The van der Waals surface area contributed by atoms with Gasteiger partial charge in [0.05, 0.1) is 48.9 Å². The number of nitrogens with one attached hydrogen (secondary N) is 2. The van der Waals surface area contributed by atoms with Crippen LogP contribution >= 0.6 is 24.4 Å². The van der Waals surface area contributed by atoms with Crippen LogP contribution in [0.4, 0.5) is 11.4 Å². The smallest absolute Gasteiger partial charge is 0.200 e. The summed E-state index contributed by atoms with van der Waals surface area (Å²) in [6, 6.07) is 22.4. The van der Waals surface area contributed by atoms with Crippen molar-refractivity contribution >= 4 is 35.8 Å². The zero-order chi connectivity index (χ0) is 41.1. The molecule has 0 aliphatic carbocycles. The first-order chi connectivity index (χ1) is 27.9. The highest BCUT2D eigenvalue weighted by Gasteiger charge is 2.21. The van der Waals surface area contributed by atoms with Crippen molar-refractivity contribution in [1.29, 1.82) is 0 Å². The summed E-state index contributed by atoms with van der Waals surface area (Å²) in [7, 11) is 0. The van der Waals surface area contributed by atoms with Gasteiger partial charge in [0.15, 0.2) is 21.2 Å².